The van der Waals surface area contributed by atoms with Crippen LogP contribution in [-0.2, 0) is 0 Å². The monoisotopic (exact) mass is 323 g/mol. The first kappa shape index (κ1) is 16.4. The van der Waals surface area contributed by atoms with E-state index in [2.05, 4.69) is 19.2 Å². The number of hydrogen-bond acceptors (Lipinski definition) is 1. The van der Waals surface area contributed by atoms with E-state index in [-0.39, 0.29) is 10.6 Å². The van der Waals surface area contributed by atoms with Crippen molar-refractivity contribution in [1.29, 1.82) is 0 Å². The average molecular weight is 324 g/mol. The van der Waals surface area contributed by atoms with Crippen LogP contribution in [0.3, 0.4) is 0 Å². The van der Waals surface area contributed by atoms with Gasteiger partial charge in [0.1, 0.15) is 0 Å². The molecule has 0 radical (unpaired) electrons. The molecule has 0 aliphatic heterocycles. The van der Waals surface area contributed by atoms with E-state index in [0.717, 1.165) is 18.6 Å². The van der Waals surface area contributed by atoms with Gasteiger partial charge in [0.25, 0.3) is 5.91 Å². The zero-order valence-corrected chi connectivity index (χ0v) is 13.0. The van der Waals surface area contributed by atoms with Gasteiger partial charge in [0.15, 0.2) is 11.6 Å². The number of carbonyl (C=O) groups is 1. The molecule has 5 heteroatoms. The van der Waals surface area contributed by atoms with Crippen LogP contribution < -0.4 is 5.32 Å². The van der Waals surface area contributed by atoms with E-state index in [1.807, 2.05) is 12.1 Å². The minimum Gasteiger partial charge on any atom is -0.322 e. The Morgan fingerprint density at radius 3 is 2.36 bits per heavy atom. The summed E-state index contributed by atoms with van der Waals surface area (Å²) in [4.78, 5) is 12.1. The van der Waals surface area contributed by atoms with E-state index in [9.17, 15) is 13.6 Å². The van der Waals surface area contributed by atoms with Crippen molar-refractivity contribution in [3.8, 4) is 0 Å². The zero-order valence-electron chi connectivity index (χ0n) is 12.3. The van der Waals surface area contributed by atoms with Gasteiger partial charge in [0.05, 0.1) is 10.6 Å². The van der Waals surface area contributed by atoms with Crippen LogP contribution in [0.25, 0.3) is 0 Å². The van der Waals surface area contributed by atoms with E-state index < -0.39 is 17.5 Å². The maximum Gasteiger partial charge on any atom is 0.257 e. The van der Waals surface area contributed by atoms with Gasteiger partial charge in [-0.1, -0.05) is 37.6 Å². The number of carbonyl (C=O) groups excluding carboxylic acids is 1. The Morgan fingerprint density at radius 1 is 1.18 bits per heavy atom. The summed E-state index contributed by atoms with van der Waals surface area (Å²) < 4.78 is 26.2. The lowest BCUT2D eigenvalue weighted by atomic mass is 9.98. The molecule has 1 atom stereocenters. The second kappa shape index (κ2) is 6.88. The van der Waals surface area contributed by atoms with E-state index >= 15 is 0 Å². The summed E-state index contributed by atoms with van der Waals surface area (Å²) in [5.41, 5.74) is 1.63. The van der Waals surface area contributed by atoms with Crippen molar-refractivity contribution in [2.75, 3.05) is 5.32 Å². The third-order valence-electron chi connectivity index (χ3n) is 3.60. The molecule has 0 aliphatic rings. The van der Waals surface area contributed by atoms with E-state index in [1.165, 1.54) is 5.56 Å². The van der Waals surface area contributed by atoms with Crippen LogP contribution in [0, 0.1) is 11.6 Å². The standard InChI is InChI=1S/C17H16ClF2NO/c1-3-10(2)11-4-6-12(7-5-11)21-17(22)13-8-15(19)16(20)9-14(13)18/h4-10H,3H2,1-2H3,(H,21,22)/t10-/m0/s1. The molecule has 2 nitrogen and oxygen atoms in total. The van der Waals surface area contributed by atoms with Crippen molar-refractivity contribution in [2.24, 2.45) is 0 Å². The van der Waals surface area contributed by atoms with Gasteiger partial charge in [0, 0.05) is 5.69 Å². The molecule has 1 N–H and O–H groups in total. The fourth-order valence-corrected chi connectivity index (χ4v) is 2.26. The highest BCUT2D eigenvalue weighted by Gasteiger charge is 2.15. The Balaban J connectivity index is 2.17. The maximum atomic E-state index is 13.2. The second-order valence-electron chi connectivity index (χ2n) is 5.13. The van der Waals surface area contributed by atoms with Gasteiger partial charge in [-0.25, -0.2) is 8.78 Å². The van der Waals surface area contributed by atoms with Crippen LogP contribution in [0.2, 0.25) is 5.02 Å². The minimum atomic E-state index is -1.11. The van der Waals surface area contributed by atoms with Gasteiger partial charge in [-0.3, -0.25) is 4.79 Å². The average Bonchev–Trinajstić information content (AvgIpc) is 2.50. The molecular weight excluding hydrogens is 308 g/mol. The zero-order chi connectivity index (χ0) is 16.3. The normalized spacial score (nSPS) is 12.0. The largest absolute Gasteiger partial charge is 0.322 e. The van der Waals surface area contributed by atoms with Gasteiger partial charge in [0.2, 0.25) is 0 Å². The van der Waals surface area contributed by atoms with Gasteiger partial charge in [-0.2, -0.15) is 0 Å². The quantitative estimate of drug-likeness (QED) is 0.751. The first-order valence-electron chi connectivity index (χ1n) is 6.98. The smallest absolute Gasteiger partial charge is 0.257 e. The van der Waals surface area contributed by atoms with Crippen molar-refractivity contribution in [2.45, 2.75) is 26.2 Å². The molecule has 0 aromatic heterocycles. The summed E-state index contributed by atoms with van der Waals surface area (Å²) in [7, 11) is 0. The molecule has 0 saturated heterocycles. The lowest BCUT2D eigenvalue weighted by molar-refractivity contribution is 0.102. The predicted octanol–water partition coefficient (Wildman–Crippen LogP) is 5.38. The van der Waals surface area contributed by atoms with Gasteiger partial charge in [-0.05, 0) is 42.2 Å². The molecule has 0 spiro atoms. The molecule has 116 valence electrons. The molecule has 1 amide bonds. The molecule has 0 aliphatic carbocycles. The Labute approximate surface area is 133 Å². The fourth-order valence-electron chi connectivity index (χ4n) is 2.03. The van der Waals surface area contributed by atoms with Gasteiger partial charge < -0.3 is 5.32 Å². The summed E-state index contributed by atoms with van der Waals surface area (Å²) in [5, 5.41) is 2.49. The summed E-state index contributed by atoms with van der Waals surface area (Å²) in [5.74, 6) is -2.34. The van der Waals surface area contributed by atoms with Crippen molar-refractivity contribution >= 4 is 23.2 Å². The first-order chi connectivity index (χ1) is 10.4. The van der Waals surface area contributed by atoms with Gasteiger partial charge in [-0.15, -0.1) is 0 Å². The number of benzene rings is 2. The van der Waals surface area contributed by atoms with Crippen molar-refractivity contribution in [1.82, 2.24) is 0 Å². The number of anilines is 1. The highest BCUT2D eigenvalue weighted by Crippen LogP contribution is 2.23. The lowest BCUT2D eigenvalue weighted by Gasteiger charge is -2.11. The second-order valence-corrected chi connectivity index (χ2v) is 5.54. The maximum absolute atomic E-state index is 13.2. The third-order valence-corrected chi connectivity index (χ3v) is 3.92. The topological polar surface area (TPSA) is 29.1 Å². The molecule has 2 aromatic carbocycles. The third kappa shape index (κ3) is 3.63. The molecule has 0 fully saturated rings. The number of halogens is 3. The molecular formula is C17H16ClF2NO. The van der Waals surface area contributed by atoms with Crippen LogP contribution in [0.4, 0.5) is 14.5 Å². The molecule has 22 heavy (non-hydrogen) atoms. The molecule has 0 bridgehead atoms. The van der Waals surface area contributed by atoms with Gasteiger partial charge >= 0.3 is 0 Å². The van der Waals surface area contributed by atoms with Crippen molar-refractivity contribution in [3.05, 3.63) is 64.2 Å². The molecule has 2 aromatic rings. The summed E-state index contributed by atoms with van der Waals surface area (Å²) >= 11 is 5.78. The Kier molecular flexibility index (Phi) is 5.14. The van der Waals surface area contributed by atoms with Crippen molar-refractivity contribution < 1.29 is 13.6 Å². The highest BCUT2D eigenvalue weighted by atomic mass is 35.5. The Bertz CT molecular complexity index is 686. The van der Waals surface area contributed by atoms with E-state index in [0.29, 0.717) is 11.6 Å². The fraction of sp³-hybridized carbons (Fsp3) is 0.235. The SMILES string of the molecule is CC[C@H](C)c1ccc(NC(=O)c2cc(F)c(F)cc2Cl)cc1. The van der Waals surface area contributed by atoms with Crippen LogP contribution in [-0.4, -0.2) is 5.91 Å². The molecule has 0 saturated carbocycles. The molecule has 2 rings (SSSR count). The van der Waals surface area contributed by atoms with Crippen LogP contribution in [0.1, 0.15) is 42.1 Å². The van der Waals surface area contributed by atoms with Crippen molar-refractivity contribution in [3.63, 3.8) is 0 Å². The highest BCUT2D eigenvalue weighted by molar-refractivity contribution is 6.34. The predicted molar refractivity (Wildman–Crippen MR) is 84.5 cm³/mol. The summed E-state index contributed by atoms with van der Waals surface area (Å²) in [6, 6.07) is 8.98. The summed E-state index contributed by atoms with van der Waals surface area (Å²) in [6.45, 7) is 4.22. The number of hydrogen-bond donors (Lipinski definition) is 1. The number of amides is 1. The van der Waals surface area contributed by atoms with E-state index in [4.69, 9.17) is 11.6 Å². The van der Waals surface area contributed by atoms with Crippen LogP contribution in [0.5, 0.6) is 0 Å². The molecule has 0 unspecified atom stereocenters. The summed E-state index contributed by atoms with van der Waals surface area (Å²) in [6.07, 6.45) is 1.02. The lowest BCUT2D eigenvalue weighted by Crippen LogP contribution is -2.13. The number of rotatable bonds is 4. The first-order valence-corrected chi connectivity index (χ1v) is 7.36. The molecule has 0 heterocycles. The number of nitrogens with one attached hydrogen (secondary N) is 1. The Morgan fingerprint density at radius 2 is 1.77 bits per heavy atom. The Hall–Kier alpha value is -1.94. The van der Waals surface area contributed by atoms with Crippen LogP contribution >= 0.6 is 11.6 Å². The minimum absolute atomic E-state index is 0.105. The van der Waals surface area contributed by atoms with E-state index in [1.54, 1.807) is 12.1 Å². The van der Waals surface area contributed by atoms with Crippen LogP contribution in [0.15, 0.2) is 36.4 Å².